The predicted octanol–water partition coefficient (Wildman–Crippen LogP) is 1.19. The number of aryl methyl sites for hydroxylation is 1. The molecule has 1 saturated heterocycles. The van der Waals surface area contributed by atoms with Crippen LogP contribution in [0.1, 0.15) is 29.6 Å². The lowest BCUT2D eigenvalue weighted by Gasteiger charge is -2.32. The summed E-state index contributed by atoms with van der Waals surface area (Å²) in [6, 6.07) is 7.23. The van der Waals surface area contributed by atoms with Gasteiger partial charge in [0.25, 0.3) is 0 Å². The maximum atomic E-state index is 12.8. The van der Waals surface area contributed by atoms with Gasteiger partial charge in [-0.2, -0.15) is 0 Å². The number of rotatable bonds is 6. The van der Waals surface area contributed by atoms with Crippen molar-refractivity contribution >= 4 is 11.7 Å². The van der Waals surface area contributed by atoms with Crippen LogP contribution in [0, 0.1) is 5.92 Å². The minimum atomic E-state index is -0.193. The van der Waals surface area contributed by atoms with Crippen molar-refractivity contribution in [1.29, 1.82) is 0 Å². The lowest BCUT2D eigenvalue weighted by atomic mass is 9.89. The average Bonchev–Trinajstić information content (AvgIpc) is 3.19. The molecule has 2 heterocycles. The summed E-state index contributed by atoms with van der Waals surface area (Å²) < 4.78 is 6.82. The Labute approximate surface area is 145 Å². The van der Waals surface area contributed by atoms with E-state index in [1.807, 2.05) is 12.1 Å². The molecule has 8 nitrogen and oxygen atoms in total. The summed E-state index contributed by atoms with van der Waals surface area (Å²) in [5, 5.41) is 10.8. The number of benzene rings is 1. The van der Waals surface area contributed by atoms with Crippen LogP contribution in [0.5, 0.6) is 5.75 Å². The molecule has 0 bridgehead atoms. The number of ether oxygens (including phenoxy) is 1. The van der Waals surface area contributed by atoms with E-state index in [1.165, 1.54) is 11.0 Å². The molecule has 1 aromatic heterocycles. The molecule has 2 aromatic rings. The molecular weight excluding hydrogens is 322 g/mol. The fourth-order valence-electron chi connectivity index (χ4n) is 3.14. The number of amides is 1. The highest BCUT2D eigenvalue weighted by Gasteiger charge is 2.30. The number of aromatic nitrogens is 4. The highest BCUT2D eigenvalue weighted by molar-refractivity contribution is 6.00. The maximum Gasteiger partial charge on any atom is 0.224 e. The third-order valence-corrected chi connectivity index (χ3v) is 4.46. The molecule has 132 valence electrons. The minimum Gasteiger partial charge on any atom is -0.496 e. The Morgan fingerprint density at radius 2 is 2.16 bits per heavy atom. The third kappa shape index (κ3) is 4.01. The highest BCUT2D eigenvalue weighted by Crippen LogP contribution is 2.26. The molecule has 0 saturated carbocycles. The fraction of sp³-hybridized carbons (Fsp3) is 0.471. The number of para-hydroxylation sites is 1. The SMILES string of the molecule is COc1ccccc1C(=O)[C@H]1CCCN(C(=O)CCn2cnnn2)C1. The van der Waals surface area contributed by atoms with E-state index in [0.29, 0.717) is 37.4 Å². The summed E-state index contributed by atoms with van der Waals surface area (Å²) in [7, 11) is 1.56. The summed E-state index contributed by atoms with van der Waals surface area (Å²) >= 11 is 0. The normalized spacial score (nSPS) is 17.3. The van der Waals surface area contributed by atoms with Crippen molar-refractivity contribution in [2.45, 2.75) is 25.8 Å². The van der Waals surface area contributed by atoms with Gasteiger partial charge in [0, 0.05) is 25.4 Å². The van der Waals surface area contributed by atoms with Crippen molar-refractivity contribution in [3.8, 4) is 5.75 Å². The maximum absolute atomic E-state index is 12.8. The lowest BCUT2D eigenvalue weighted by Crippen LogP contribution is -2.42. The Hall–Kier alpha value is -2.77. The van der Waals surface area contributed by atoms with Gasteiger partial charge < -0.3 is 9.64 Å². The largest absolute Gasteiger partial charge is 0.496 e. The van der Waals surface area contributed by atoms with Gasteiger partial charge in [-0.15, -0.1) is 5.10 Å². The van der Waals surface area contributed by atoms with Gasteiger partial charge in [0.05, 0.1) is 19.2 Å². The molecule has 1 atom stereocenters. The van der Waals surface area contributed by atoms with Gasteiger partial charge in [-0.05, 0) is 35.4 Å². The number of tetrazole rings is 1. The van der Waals surface area contributed by atoms with E-state index in [9.17, 15) is 9.59 Å². The molecule has 1 aliphatic rings. The first-order valence-corrected chi connectivity index (χ1v) is 8.35. The second-order valence-corrected chi connectivity index (χ2v) is 6.07. The smallest absolute Gasteiger partial charge is 0.224 e. The van der Waals surface area contributed by atoms with Crippen LogP contribution in [-0.2, 0) is 11.3 Å². The minimum absolute atomic E-state index is 0.0213. The number of carbonyl (C=O) groups excluding carboxylic acids is 2. The number of Topliss-reactive ketones (excluding diaryl/α,β-unsaturated/α-hetero) is 1. The first kappa shape index (κ1) is 17.1. The number of likely N-dealkylation sites (tertiary alicyclic amines) is 1. The number of carbonyl (C=O) groups is 2. The molecule has 0 N–H and O–H groups in total. The summed E-state index contributed by atoms with van der Waals surface area (Å²) in [4.78, 5) is 27.0. The second-order valence-electron chi connectivity index (χ2n) is 6.07. The Bertz CT molecular complexity index is 732. The quantitative estimate of drug-likeness (QED) is 0.732. The molecular formula is C17H21N5O3. The monoisotopic (exact) mass is 343 g/mol. The van der Waals surface area contributed by atoms with E-state index in [1.54, 1.807) is 24.1 Å². The fourth-order valence-corrected chi connectivity index (χ4v) is 3.14. The van der Waals surface area contributed by atoms with Crippen LogP contribution in [-0.4, -0.2) is 57.0 Å². The molecule has 1 aliphatic heterocycles. The Morgan fingerprint density at radius 1 is 1.32 bits per heavy atom. The van der Waals surface area contributed by atoms with E-state index < -0.39 is 0 Å². The summed E-state index contributed by atoms with van der Waals surface area (Å²) in [5.74, 6) is 0.445. The number of nitrogens with zero attached hydrogens (tertiary/aromatic N) is 5. The van der Waals surface area contributed by atoms with E-state index in [4.69, 9.17) is 4.74 Å². The summed E-state index contributed by atoms with van der Waals surface area (Å²) in [6.45, 7) is 1.57. The molecule has 0 unspecified atom stereocenters. The van der Waals surface area contributed by atoms with Crippen LogP contribution in [0.25, 0.3) is 0 Å². The van der Waals surface area contributed by atoms with Crippen molar-refractivity contribution < 1.29 is 14.3 Å². The first-order valence-electron chi connectivity index (χ1n) is 8.35. The topological polar surface area (TPSA) is 90.2 Å². The Morgan fingerprint density at radius 3 is 2.92 bits per heavy atom. The summed E-state index contributed by atoms with van der Waals surface area (Å²) in [6.07, 6.45) is 3.41. The molecule has 1 aromatic carbocycles. The van der Waals surface area contributed by atoms with E-state index in [2.05, 4.69) is 15.5 Å². The van der Waals surface area contributed by atoms with Crippen LogP contribution in [0.2, 0.25) is 0 Å². The number of hydrogen-bond acceptors (Lipinski definition) is 6. The molecule has 8 heteroatoms. The zero-order valence-electron chi connectivity index (χ0n) is 14.2. The Kier molecular flexibility index (Phi) is 5.37. The van der Waals surface area contributed by atoms with Gasteiger partial charge in [0.1, 0.15) is 12.1 Å². The molecule has 0 spiro atoms. The Balaban J connectivity index is 1.62. The van der Waals surface area contributed by atoms with Gasteiger partial charge in [-0.3, -0.25) is 9.59 Å². The van der Waals surface area contributed by atoms with Gasteiger partial charge in [-0.1, -0.05) is 12.1 Å². The average molecular weight is 343 g/mol. The van der Waals surface area contributed by atoms with Crippen molar-refractivity contribution in [2.24, 2.45) is 5.92 Å². The van der Waals surface area contributed by atoms with Gasteiger partial charge in [0.2, 0.25) is 5.91 Å². The first-order chi connectivity index (χ1) is 12.2. The molecule has 0 radical (unpaired) electrons. The predicted molar refractivity (Wildman–Crippen MR) is 89.1 cm³/mol. The molecule has 0 aliphatic carbocycles. The van der Waals surface area contributed by atoms with E-state index in [-0.39, 0.29) is 17.6 Å². The van der Waals surface area contributed by atoms with Gasteiger partial charge >= 0.3 is 0 Å². The molecule has 25 heavy (non-hydrogen) atoms. The van der Waals surface area contributed by atoms with Gasteiger partial charge in [0.15, 0.2) is 5.78 Å². The lowest BCUT2D eigenvalue weighted by molar-refractivity contribution is -0.132. The van der Waals surface area contributed by atoms with Crippen LogP contribution >= 0.6 is 0 Å². The van der Waals surface area contributed by atoms with E-state index >= 15 is 0 Å². The zero-order chi connectivity index (χ0) is 17.6. The van der Waals surface area contributed by atoms with Gasteiger partial charge in [-0.25, -0.2) is 4.68 Å². The van der Waals surface area contributed by atoms with Crippen LogP contribution in [0.3, 0.4) is 0 Å². The molecule has 3 rings (SSSR count). The second kappa shape index (κ2) is 7.87. The standard InChI is InChI=1S/C17H21N5O3/c1-25-15-7-3-2-6-14(15)17(24)13-5-4-9-21(11-13)16(23)8-10-22-12-18-19-20-22/h2-3,6-7,12-13H,4-5,8-11H2,1H3/t13-/m0/s1. The zero-order valence-corrected chi connectivity index (χ0v) is 14.2. The van der Waals surface area contributed by atoms with Crippen LogP contribution in [0.15, 0.2) is 30.6 Å². The number of methoxy groups -OCH3 is 1. The highest BCUT2D eigenvalue weighted by atomic mass is 16.5. The molecule has 1 fully saturated rings. The number of hydrogen-bond donors (Lipinski definition) is 0. The molecule has 1 amide bonds. The van der Waals surface area contributed by atoms with Crippen molar-refractivity contribution in [2.75, 3.05) is 20.2 Å². The van der Waals surface area contributed by atoms with Crippen LogP contribution in [0.4, 0.5) is 0 Å². The number of piperidine rings is 1. The van der Waals surface area contributed by atoms with Crippen molar-refractivity contribution in [3.63, 3.8) is 0 Å². The number of ketones is 1. The van der Waals surface area contributed by atoms with Crippen LogP contribution < -0.4 is 4.74 Å². The van der Waals surface area contributed by atoms with Crippen molar-refractivity contribution in [3.05, 3.63) is 36.2 Å². The third-order valence-electron chi connectivity index (χ3n) is 4.46. The van der Waals surface area contributed by atoms with E-state index in [0.717, 1.165) is 12.8 Å². The summed E-state index contributed by atoms with van der Waals surface area (Å²) in [5.41, 5.74) is 0.581. The van der Waals surface area contributed by atoms with Crippen molar-refractivity contribution in [1.82, 2.24) is 25.1 Å².